The number of sulfonamides is 1. The van der Waals surface area contributed by atoms with Gasteiger partial charge in [-0.2, -0.15) is 4.31 Å². The molecule has 2 fully saturated rings. The molecule has 0 radical (unpaired) electrons. The molecule has 2 aromatic rings. The molecule has 2 aromatic carbocycles. The Hall–Kier alpha value is -2.78. The fraction of sp³-hybridized carbons (Fsp3) is 0.458. The molecule has 0 aliphatic carbocycles. The molecular weight excluding hydrogens is 442 g/mol. The summed E-state index contributed by atoms with van der Waals surface area (Å²) in [6.07, 6.45) is 1.39. The molecule has 0 unspecified atom stereocenters. The van der Waals surface area contributed by atoms with Crippen LogP contribution in [0.15, 0.2) is 53.4 Å². The number of benzene rings is 2. The third-order valence-electron chi connectivity index (χ3n) is 6.46. The highest BCUT2D eigenvalue weighted by Gasteiger charge is 2.35. The van der Waals surface area contributed by atoms with Gasteiger partial charge in [-0.15, -0.1) is 0 Å². The maximum atomic E-state index is 13.2. The van der Waals surface area contributed by atoms with Gasteiger partial charge in [0.15, 0.2) is 0 Å². The Labute approximate surface area is 195 Å². The number of nitrogens with zero attached hydrogens (tertiary/aromatic N) is 3. The highest BCUT2D eigenvalue weighted by molar-refractivity contribution is 7.89. The van der Waals surface area contributed by atoms with Gasteiger partial charge in [-0.1, -0.05) is 0 Å². The highest BCUT2D eigenvalue weighted by atomic mass is 32.2. The van der Waals surface area contributed by atoms with Crippen molar-refractivity contribution in [3.63, 3.8) is 0 Å². The van der Waals surface area contributed by atoms with Crippen LogP contribution in [0.2, 0.25) is 0 Å². The lowest BCUT2D eigenvalue weighted by Gasteiger charge is -2.39. The Bertz CT molecular complexity index is 1050. The number of carbonyl (C=O) groups is 1. The summed E-state index contributed by atoms with van der Waals surface area (Å²) in [6, 6.07) is 14.3. The number of anilines is 1. The van der Waals surface area contributed by atoms with Crippen molar-refractivity contribution in [3.05, 3.63) is 48.5 Å². The second-order valence-electron chi connectivity index (χ2n) is 8.39. The molecule has 0 N–H and O–H groups in total. The first-order valence-electron chi connectivity index (χ1n) is 11.2. The SMILES string of the molecule is COc1ccc(N2CCN(C(=O)[C@H]3CCCN(S(=O)(=O)c4ccc(OC)cc4)C3)CC2)cc1. The number of hydrogen-bond acceptors (Lipinski definition) is 6. The van der Waals surface area contributed by atoms with Crippen molar-refractivity contribution in [1.29, 1.82) is 0 Å². The molecule has 2 saturated heterocycles. The van der Waals surface area contributed by atoms with Gasteiger partial charge in [0, 0.05) is 45.0 Å². The molecule has 0 aromatic heterocycles. The van der Waals surface area contributed by atoms with Gasteiger partial charge in [0.2, 0.25) is 15.9 Å². The monoisotopic (exact) mass is 473 g/mol. The normalized spacial score (nSPS) is 19.9. The van der Waals surface area contributed by atoms with Crippen molar-refractivity contribution >= 4 is 21.6 Å². The molecule has 9 heteroatoms. The largest absolute Gasteiger partial charge is 0.497 e. The van der Waals surface area contributed by atoms with Crippen molar-refractivity contribution in [1.82, 2.24) is 9.21 Å². The van der Waals surface area contributed by atoms with Gasteiger partial charge in [0.05, 0.1) is 25.0 Å². The predicted molar refractivity (Wildman–Crippen MR) is 126 cm³/mol. The number of piperidine rings is 1. The maximum Gasteiger partial charge on any atom is 0.243 e. The second-order valence-corrected chi connectivity index (χ2v) is 10.3. The van der Waals surface area contributed by atoms with E-state index in [9.17, 15) is 13.2 Å². The molecule has 2 aliphatic heterocycles. The average molecular weight is 474 g/mol. The van der Waals surface area contributed by atoms with Gasteiger partial charge in [-0.05, 0) is 61.4 Å². The Morgan fingerprint density at radius 3 is 2.00 bits per heavy atom. The second kappa shape index (κ2) is 10.0. The lowest BCUT2D eigenvalue weighted by Crippen LogP contribution is -2.53. The third-order valence-corrected chi connectivity index (χ3v) is 8.34. The molecule has 2 heterocycles. The first-order chi connectivity index (χ1) is 15.9. The molecule has 0 bridgehead atoms. The van der Waals surface area contributed by atoms with Gasteiger partial charge in [-0.3, -0.25) is 4.79 Å². The fourth-order valence-corrected chi connectivity index (χ4v) is 6.02. The van der Waals surface area contributed by atoms with Crippen molar-refractivity contribution in [3.8, 4) is 11.5 Å². The van der Waals surface area contributed by atoms with Gasteiger partial charge >= 0.3 is 0 Å². The van der Waals surface area contributed by atoms with Crippen LogP contribution < -0.4 is 14.4 Å². The molecule has 0 spiro atoms. The zero-order valence-corrected chi connectivity index (χ0v) is 20.0. The van der Waals surface area contributed by atoms with Crippen molar-refractivity contribution in [2.45, 2.75) is 17.7 Å². The molecule has 2 aliphatic rings. The van der Waals surface area contributed by atoms with E-state index in [0.29, 0.717) is 38.2 Å². The summed E-state index contributed by atoms with van der Waals surface area (Å²) in [7, 11) is -0.457. The molecule has 4 rings (SSSR count). The Morgan fingerprint density at radius 2 is 1.42 bits per heavy atom. The summed E-state index contributed by atoms with van der Waals surface area (Å²) in [4.78, 5) is 17.6. The minimum Gasteiger partial charge on any atom is -0.497 e. The number of hydrogen-bond donors (Lipinski definition) is 0. The summed E-state index contributed by atoms with van der Waals surface area (Å²) < 4.78 is 38.0. The van der Waals surface area contributed by atoms with E-state index in [4.69, 9.17) is 9.47 Å². The van der Waals surface area contributed by atoms with Gasteiger partial charge < -0.3 is 19.3 Å². The maximum absolute atomic E-state index is 13.2. The molecule has 178 valence electrons. The number of carbonyl (C=O) groups excluding carboxylic acids is 1. The van der Waals surface area contributed by atoms with Crippen LogP contribution in [0.5, 0.6) is 11.5 Å². The van der Waals surface area contributed by atoms with E-state index in [1.807, 2.05) is 29.2 Å². The summed E-state index contributed by atoms with van der Waals surface area (Å²) in [5, 5.41) is 0. The summed E-state index contributed by atoms with van der Waals surface area (Å²) in [5.74, 6) is 1.17. The van der Waals surface area contributed by atoms with Crippen LogP contribution in [0.25, 0.3) is 0 Å². The Balaban J connectivity index is 1.36. The van der Waals surface area contributed by atoms with Gasteiger partial charge in [0.25, 0.3) is 0 Å². The van der Waals surface area contributed by atoms with E-state index < -0.39 is 10.0 Å². The zero-order valence-electron chi connectivity index (χ0n) is 19.1. The van der Waals surface area contributed by atoms with Gasteiger partial charge in [-0.25, -0.2) is 8.42 Å². The standard InChI is InChI=1S/C24H31N3O5S/c1-31-21-7-5-20(6-8-21)25-14-16-26(17-15-25)24(28)19-4-3-13-27(18-19)33(29,30)23-11-9-22(32-2)10-12-23/h5-12,19H,3-4,13-18H2,1-2H3/t19-/m0/s1. The molecule has 0 saturated carbocycles. The molecule has 1 amide bonds. The summed E-state index contributed by atoms with van der Waals surface area (Å²) >= 11 is 0. The number of ether oxygens (including phenoxy) is 2. The van der Waals surface area contributed by atoms with E-state index in [2.05, 4.69) is 4.90 Å². The van der Waals surface area contributed by atoms with Crippen LogP contribution in [0.4, 0.5) is 5.69 Å². The van der Waals surface area contributed by atoms with Crippen molar-refractivity contribution in [2.24, 2.45) is 5.92 Å². The van der Waals surface area contributed by atoms with E-state index in [0.717, 1.165) is 24.5 Å². The van der Waals surface area contributed by atoms with Crippen molar-refractivity contribution < 1.29 is 22.7 Å². The van der Waals surface area contributed by atoms with E-state index >= 15 is 0 Å². The summed E-state index contributed by atoms with van der Waals surface area (Å²) in [5.41, 5.74) is 1.11. The molecule has 1 atom stereocenters. The van der Waals surface area contributed by atoms with Crippen LogP contribution in [-0.2, 0) is 14.8 Å². The minimum atomic E-state index is -3.65. The number of methoxy groups -OCH3 is 2. The molecule has 8 nitrogen and oxygen atoms in total. The first kappa shape index (κ1) is 23.4. The van der Waals surface area contributed by atoms with Crippen molar-refractivity contribution in [2.75, 3.05) is 58.4 Å². The molecular formula is C24H31N3O5S. The highest BCUT2D eigenvalue weighted by Crippen LogP contribution is 2.27. The van der Waals surface area contributed by atoms with Crippen LogP contribution in [0.3, 0.4) is 0 Å². The third kappa shape index (κ3) is 5.09. The fourth-order valence-electron chi connectivity index (χ4n) is 4.50. The zero-order chi connectivity index (χ0) is 23.4. The Kier molecular flexibility index (Phi) is 7.09. The smallest absolute Gasteiger partial charge is 0.243 e. The van der Waals surface area contributed by atoms with E-state index in [1.54, 1.807) is 38.5 Å². The van der Waals surface area contributed by atoms with E-state index in [1.165, 1.54) is 4.31 Å². The Morgan fingerprint density at radius 1 is 0.848 bits per heavy atom. The minimum absolute atomic E-state index is 0.0546. The molecule has 33 heavy (non-hydrogen) atoms. The lowest BCUT2D eigenvalue weighted by atomic mass is 9.97. The van der Waals surface area contributed by atoms with Crippen LogP contribution in [0.1, 0.15) is 12.8 Å². The number of rotatable bonds is 6. The predicted octanol–water partition coefficient (Wildman–Crippen LogP) is 2.45. The average Bonchev–Trinajstić information content (AvgIpc) is 2.88. The van der Waals surface area contributed by atoms with Crippen LogP contribution >= 0.6 is 0 Å². The van der Waals surface area contributed by atoms with Gasteiger partial charge in [0.1, 0.15) is 11.5 Å². The number of piperazine rings is 1. The van der Waals surface area contributed by atoms with Crippen LogP contribution in [-0.4, -0.2) is 77.0 Å². The topological polar surface area (TPSA) is 79.4 Å². The quantitative estimate of drug-likeness (QED) is 0.641. The lowest BCUT2D eigenvalue weighted by molar-refractivity contribution is -0.137. The van der Waals surface area contributed by atoms with Crippen LogP contribution in [0, 0.1) is 5.92 Å². The first-order valence-corrected chi connectivity index (χ1v) is 12.7. The van der Waals surface area contributed by atoms with E-state index in [-0.39, 0.29) is 23.3 Å². The summed E-state index contributed by atoms with van der Waals surface area (Å²) in [6.45, 7) is 3.42. The number of amides is 1.